The Labute approximate surface area is 97.5 Å². The number of ether oxygens (including phenoxy) is 1. The number of carbonyl (C=O) groups excluding carboxylic acids is 2. The third-order valence-corrected chi connectivity index (χ3v) is 2.11. The van der Waals surface area contributed by atoms with Crippen LogP contribution >= 0.6 is 0 Å². The Morgan fingerprint density at radius 2 is 2.12 bits per heavy atom. The molecule has 1 aromatic rings. The molecule has 0 saturated heterocycles. The van der Waals surface area contributed by atoms with E-state index in [1.165, 1.54) is 19.1 Å². The normalized spacial score (nSPS) is 11.9. The molecule has 1 aromatic carbocycles. The number of nitrogens with two attached hydrogens (primary N) is 2. The fourth-order valence-electron chi connectivity index (χ4n) is 1.14. The van der Waals surface area contributed by atoms with Crippen LogP contribution in [0.3, 0.4) is 0 Å². The minimum atomic E-state index is -0.953. The lowest BCUT2D eigenvalue weighted by Gasteiger charge is -2.10. The number of primary amides is 1. The summed E-state index contributed by atoms with van der Waals surface area (Å²) in [6.07, 6.45) is 0. The highest BCUT2D eigenvalue weighted by Crippen LogP contribution is 2.17. The Hall–Kier alpha value is -1.95. The molecule has 6 heteroatoms. The molecular weight excluding hydrogens is 227 g/mol. The number of hydrogen-bond acceptors (Lipinski definition) is 4. The average molecular weight is 240 g/mol. The minimum absolute atomic E-state index is 0.0171. The van der Waals surface area contributed by atoms with E-state index in [9.17, 15) is 14.0 Å². The van der Waals surface area contributed by atoms with Crippen molar-refractivity contribution in [2.24, 2.45) is 11.5 Å². The molecule has 0 aliphatic heterocycles. The van der Waals surface area contributed by atoms with E-state index in [4.69, 9.17) is 16.2 Å². The van der Waals surface area contributed by atoms with Gasteiger partial charge in [0.05, 0.1) is 5.56 Å². The van der Waals surface area contributed by atoms with Crippen molar-refractivity contribution in [1.29, 1.82) is 0 Å². The van der Waals surface area contributed by atoms with Gasteiger partial charge in [0.1, 0.15) is 24.2 Å². The van der Waals surface area contributed by atoms with E-state index in [0.717, 1.165) is 6.07 Å². The maximum Gasteiger partial charge on any atom is 0.237 e. The van der Waals surface area contributed by atoms with E-state index in [2.05, 4.69) is 0 Å². The van der Waals surface area contributed by atoms with E-state index >= 15 is 0 Å². The molecule has 1 unspecified atom stereocenters. The fraction of sp³-hybridized carbons (Fsp3) is 0.273. The van der Waals surface area contributed by atoms with Gasteiger partial charge in [-0.2, -0.15) is 0 Å². The van der Waals surface area contributed by atoms with E-state index < -0.39 is 17.8 Å². The minimum Gasteiger partial charge on any atom is -0.491 e. The second-order valence-corrected chi connectivity index (χ2v) is 3.52. The molecule has 0 aliphatic carbocycles. The monoisotopic (exact) mass is 240 g/mol. The van der Waals surface area contributed by atoms with Gasteiger partial charge in [0.25, 0.3) is 0 Å². The first-order valence-corrected chi connectivity index (χ1v) is 4.90. The van der Waals surface area contributed by atoms with Crippen molar-refractivity contribution in [3.8, 4) is 5.75 Å². The van der Waals surface area contributed by atoms with Gasteiger partial charge in [0.15, 0.2) is 5.78 Å². The molecule has 1 amide bonds. The molecule has 0 radical (unpaired) electrons. The highest BCUT2D eigenvalue weighted by molar-refractivity contribution is 5.94. The van der Waals surface area contributed by atoms with Crippen molar-refractivity contribution in [3.63, 3.8) is 0 Å². The zero-order valence-corrected chi connectivity index (χ0v) is 9.27. The first-order chi connectivity index (χ1) is 7.91. The highest BCUT2D eigenvalue weighted by Gasteiger charge is 2.12. The van der Waals surface area contributed by atoms with Crippen molar-refractivity contribution in [2.75, 3.05) is 6.61 Å². The maximum absolute atomic E-state index is 13.4. The molecule has 0 bridgehead atoms. The molecule has 5 nitrogen and oxygen atoms in total. The molecule has 0 aromatic heterocycles. The summed E-state index contributed by atoms with van der Waals surface area (Å²) in [5.41, 5.74) is 10.2. The number of carbonyl (C=O) groups is 2. The Morgan fingerprint density at radius 3 is 2.59 bits per heavy atom. The smallest absolute Gasteiger partial charge is 0.237 e. The molecule has 1 atom stereocenters. The van der Waals surface area contributed by atoms with Crippen LogP contribution in [0.25, 0.3) is 0 Å². The largest absolute Gasteiger partial charge is 0.491 e. The predicted molar refractivity (Wildman–Crippen MR) is 59.1 cm³/mol. The van der Waals surface area contributed by atoms with Crippen molar-refractivity contribution in [2.45, 2.75) is 13.0 Å². The lowest BCUT2D eigenvalue weighted by atomic mass is 10.1. The molecule has 92 valence electrons. The Balaban J connectivity index is 2.71. The Morgan fingerprint density at radius 1 is 1.47 bits per heavy atom. The average Bonchev–Trinajstić information content (AvgIpc) is 2.25. The van der Waals surface area contributed by atoms with Crippen LogP contribution in [0.4, 0.5) is 4.39 Å². The number of ketones is 1. The van der Waals surface area contributed by atoms with E-state index in [-0.39, 0.29) is 23.7 Å². The molecule has 0 fully saturated rings. The van der Waals surface area contributed by atoms with Gasteiger partial charge in [-0.15, -0.1) is 0 Å². The topological polar surface area (TPSA) is 95.4 Å². The van der Waals surface area contributed by atoms with Crippen molar-refractivity contribution in [1.82, 2.24) is 0 Å². The van der Waals surface area contributed by atoms with Gasteiger partial charge in [0, 0.05) is 6.07 Å². The molecule has 1 rings (SSSR count). The summed E-state index contributed by atoms with van der Waals surface area (Å²) in [4.78, 5) is 21.6. The number of amides is 1. The summed E-state index contributed by atoms with van der Waals surface area (Å²) in [5, 5.41) is 0. The highest BCUT2D eigenvalue weighted by atomic mass is 19.1. The van der Waals surface area contributed by atoms with Crippen LogP contribution in [0.5, 0.6) is 5.75 Å². The van der Waals surface area contributed by atoms with Crippen molar-refractivity contribution >= 4 is 11.7 Å². The molecule has 0 heterocycles. The zero-order chi connectivity index (χ0) is 13.0. The van der Waals surface area contributed by atoms with Crippen LogP contribution in [0.15, 0.2) is 18.2 Å². The SMILES string of the molecule is CC(=O)c1ccc(OCC(N)C(N)=O)cc1F. The van der Waals surface area contributed by atoms with Gasteiger partial charge < -0.3 is 16.2 Å². The van der Waals surface area contributed by atoms with Crippen LogP contribution < -0.4 is 16.2 Å². The zero-order valence-electron chi connectivity index (χ0n) is 9.27. The van der Waals surface area contributed by atoms with Crippen molar-refractivity contribution < 1.29 is 18.7 Å². The molecule has 0 aliphatic rings. The molecular formula is C11H13FN2O3. The summed E-state index contributed by atoms with van der Waals surface area (Å²) < 4.78 is 18.4. The number of benzene rings is 1. The Bertz CT molecular complexity index is 448. The Kier molecular flexibility index (Phi) is 4.17. The second-order valence-electron chi connectivity index (χ2n) is 3.52. The van der Waals surface area contributed by atoms with Gasteiger partial charge >= 0.3 is 0 Å². The van der Waals surface area contributed by atoms with Gasteiger partial charge in [-0.1, -0.05) is 0 Å². The number of rotatable bonds is 5. The lowest BCUT2D eigenvalue weighted by molar-refractivity contribution is -0.119. The quantitative estimate of drug-likeness (QED) is 0.719. The molecule has 17 heavy (non-hydrogen) atoms. The number of hydrogen-bond donors (Lipinski definition) is 2. The standard InChI is InChI=1S/C11H13FN2O3/c1-6(15)8-3-2-7(4-9(8)12)17-5-10(13)11(14)16/h2-4,10H,5,13H2,1H3,(H2,14,16). The van der Waals surface area contributed by atoms with Crippen LogP contribution in [-0.2, 0) is 4.79 Å². The summed E-state index contributed by atoms with van der Waals surface area (Å²) in [5.74, 6) is -1.57. The first-order valence-electron chi connectivity index (χ1n) is 4.90. The van der Waals surface area contributed by atoms with E-state index in [1.54, 1.807) is 0 Å². The summed E-state index contributed by atoms with van der Waals surface area (Å²) >= 11 is 0. The van der Waals surface area contributed by atoms with Crippen LogP contribution in [0.1, 0.15) is 17.3 Å². The molecule has 0 spiro atoms. The predicted octanol–water partition coefficient (Wildman–Crippen LogP) is 0.220. The fourth-order valence-corrected chi connectivity index (χ4v) is 1.14. The summed E-state index contributed by atoms with van der Waals surface area (Å²) in [6, 6.07) is 2.84. The third-order valence-electron chi connectivity index (χ3n) is 2.11. The van der Waals surface area contributed by atoms with Gasteiger partial charge in [0.2, 0.25) is 5.91 Å². The lowest BCUT2D eigenvalue weighted by Crippen LogP contribution is -2.41. The van der Waals surface area contributed by atoms with Gasteiger partial charge in [-0.25, -0.2) is 4.39 Å². The van der Waals surface area contributed by atoms with Gasteiger partial charge in [-0.05, 0) is 19.1 Å². The second kappa shape index (κ2) is 5.40. The van der Waals surface area contributed by atoms with Crippen LogP contribution in [-0.4, -0.2) is 24.3 Å². The number of Topliss-reactive ketones (excluding diaryl/α,β-unsaturated/α-hetero) is 1. The van der Waals surface area contributed by atoms with Crippen molar-refractivity contribution in [3.05, 3.63) is 29.6 Å². The summed E-state index contributed by atoms with van der Waals surface area (Å²) in [7, 11) is 0. The first kappa shape index (κ1) is 13.1. The van der Waals surface area contributed by atoms with E-state index in [0.29, 0.717) is 0 Å². The summed E-state index contributed by atoms with van der Waals surface area (Å²) in [6.45, 7) is 1.12. The molecule has 4 N–H and O–H groups in total. The maximum atomic E-state index is 13.4. The number of halogens is 1. The van der Waals surface area contributed by atoms with Gasteiger partial charge in [-0.3, -0.25) is 9.59 Å². The molecule has 0 saturated carbocycles. The van der Waals surface area contributed by atoms with Crippen LogP contribution in [0.2, 0.25) is 0 Å². The third kappa shape index (κ3) is 3.53. The van der Waals surface area contributed by atoms with E-state index in [1.807, 2.05) is 0 Å². The van der Waals surface area contributed by atoms with Crippen LogP contribution in [0, 0.1) is 5.82 Å².